The molecular formula is C18H15N3O3S. The number of benzene rings is 2. The van der Waals surface area contributed by atoms with Crippen molar-refractivity contribution < 1.29 is 9.72 Å². The molecule has 6 nitrogen and oxygen atoms in total. The van der Waals surface area contributed by atoms with Crippen LogP contribution in [0.1, 0.15) is 17.3 Å². The summed E-state index contributed by atoms with van der Waals surface area (Å²) in [5.74, 6) is -0.00936. The summed E-state index contributed by atoms with van der Waals surface area (Å²) in [5, 5.41) is 12.9. The number of thiazole rings is 1. The minimum absolute atomic E-state index is 0.00936. The highest BCUT2D eigenvalue weighted by atomic mass is 32.1. The molecule has 0 unspecified atom stereocenters. The number of Topliss-reactive ketones (excluding diaryl/α,β-unsaturated/α-hetero) is 1. The Bertz CT molecular complexity index is 1030. The first kappa shape index (κ1) is 16.8. The number of aromatic nitrogens is 1. The van der Waals surface area contributed by atoms with Crippen LogP contribution in [0, 0.1) is 10.1 Å². The van der Waals surface area contributed by atoms with E-state index in [1.165, 1.54) is 24.3 Å². The van der Waals surface area contributed by atoms with Crippen LogP contribution in [0.2, 0.25) is 0 Å². The largest absolute Gasteiger partial charge is 0.320 e. The van der Waals surface area contributed by atoms with Crippen molar-refractivity contribution in [3.8, 4) is 11.3 Å². The molecule has 0 amide bonds. The molecule has 0 radical (unpaired) electrons. The molecule has 0 aliphatic carbocycles. The summed E-state index contributed by atoms with van der Waals surface area (Å²) in [5.41, 5.74) is 2.95. The topological polar surface area (TPSA) is 77.5 Å². The summed E-state index contributed by atoms with van der Waals surface area (Å²) in [6.45, 7) is 1.52. The first-order valence-electron chi connectivity index (χ1n) is 7.51. The zero-order chi connectivity index (χ0) is 18.0. The van der Waals surface area contributed by atoms with E-state index in [4.69, 9.17) is 0 Å². The van der Waals surface area contributed by atoms with Gasteiger partial charge in [0, 0.05) is 35.7 Å². The summed E-state index contributed by atoms with van der Waals surface area (Å²) in [6.07, 6.45) is 0. The molecule has 0 atom stereocenters. The number of nitrogens with zero attached hydrogens (tertiary/aromatic N) is 3. The van der Waals surface area contributed by atoms with E-state index in [0.717, 1.165) is 16.1 Å². The number of hydrogen-bond acceptors (Lipinski definition) is 5. The summed E-state index contributed by atoms with van der Waals surface area (Å²) < 4.78 is 1.88. The Labute approximate surface area is 147 Å². The summed E-state index contributed by atoms with van der Waals surface area (Å²) in [4.78, 5) is 27.4. The van der Waals surface area contributed by atoms with E-state index >= 15 is 0 Å². The highest BCUT2D eigenvalue weighted by Gasteiger charge is 2.10. The van der Waals surface area contributed by atoms with Gasteiger partial charge in [-0.05, 0) is 19.1 Å². The molecular weight excluding hydrogens is 338 g/mol. The second-order valence-corrected chi connectivity index (χ2v) is 6.32. The van der Waals surface area contributed by atoms with Crippen LogP contribution in [-0.2, 0) is 7.05 Å². The summed E-state index contributed by atoms with van der Waals surface area (Å²) >= 11 is 1.44. The van der Waals surface area contributed by atoms with Gasteiger partial charge in [-0.1, -0.05) is 24.3 Å². The van der Waals surface area contributed by atoms with Crippen molar-refractivity contribution in [3.63, 3.8) is 0 Å². The zero-order valence-electron chi connectivity index (χ0n) is 13.7. The molecule has 3 rings (SSSR count). The van der Waals surface area contributed by atoms with Crippen molar-refractivity contribution in [3.05, 3.63) is 74.4 Å². The lowest BCUT2D eigenvalue weighted by atomic mass is 10.1. The molecule has 0 spiro atoms. The molecule has 25 heavy (non-hydrogen) atoms. The Morgan fingerprint density at radius 1 is 1.20 bits per heavy atom. The third-order valence-corrected chi connectivity index (χ3v) is 4.67. The lowest BCUT2D eigenvalue weighted by molar-refractivity contribution is -0.384. The number of carbonyl (C=O) groups excluding carboxylic acids is 1. The third-order valence-electron chi connectivity index (χ3n) is 3.75. The minimum Gasteiger partial charge on any atom is -0.320 e. The molecule has 1 heterocycles. The molecule has 1 aromatic heterocycles. The Kier molecular flexibility index (Phi) is 4.58. The smallest absolute Gasteiger partial charge is 0.270 e. The van der Waals surface area contributed by atoms with E-state index in [1.54, 1.807) is 30.3 Å². The number of nitro groups is 1. The van der Waals surface area contributed by atoms with Crippen LogP contribution < -0.4 is 4.80 Å². The van der Waals surface area contributed by atoms with Gasteiger partial charge in [-0.15, -0.1) is 11.3 Å². The lowest BCUT2D eigenvalue weighted by Gasteiger charge is -2.03. The SMILES string of the molecule is CC(=O)c1cccc(N=c2scc(-c3cccc([N+](=O)[O-])c3)n2C)c1. The van der Waals surface area contributed by atoms with E-state index in [9.17, 15) is 14.9 Å². The third kappa shape index (κ3) is 3.56. The summed E-state index contributed by atoms with van der Waals surface area (Å²) in [7, 11) is 1.86. The fourth-order valence-corrected chi connectivity index (χ4v) is 3.34. The van der Waals surface area contributed by atoms with Crippen molar-refractivity contribution in [1.29, 1.82) is 0 Å². The van der Waals surface area contributed by atoms with Gasteiger partial charge in [0.15, 0.2) is 10.6 Å². The first-order valence-corrected chi connectivity index (χ1v) is 8.39. The monoisotopic (exact) mass is 353 g/mol. The summed E-state index contributed by atoms with van der Waals surface area (Å²) in [6, 6.07) is 13.6. The van der Waals surface area contributed by atoms with Crippen molar-refractivity contribution in [1.82, 2.24) is 4.57 Å². The molecule has 7 heteroatoms. The highest BCUT2D eigenvalue weighted by Crippen LogP contribution is 2.24. The first-order chi connectivity index (χ1) is 12.0. The number of carbonyl (C=O) groups is 1. The average molecular weight is 353 g/mol. The fourth-order valence-electron chi connectivity index (χ4n) is 2.42. The van der Waals surface area contributed by atoms with Crippen LogP contribution in [0.3, 0.4) is 0 Å². The molecule has 0 aliphatic rings. The van der Waals surface area contributed by atoms with Crippen molar-refractivity contribution >= 4 is 28.5 Å². The van der Waals surface area contributed by atoms with Gasteiger partial charge in [-0.25, -0.2) is 4.99 Å². The van der Waals surface area contributed by atoms with Crippen LogP contribution in [0.25, 0.3) is 11.3 Å². The second kappa shape index (κ2) is 6.82. The number of nitro benzene ring substituents is 1. The number of ketones is 1. The van der Waals surface area contributed by atoms with Crippen molar-refractivity contribution in [2.75, 3.05) is 0 Å². The highest BCUT2D eigenvalue weighted by molar-refractivity contribution is 7.07. The number of hydrogen-bond donors (Lipinski definition) is 0. The van der Waals surface area contributed by atoms with Crippen LogP contribution in [0.5, 0.6) is 0 Å². The van der Waals surface area contributed by atoms with Gasteiger partial charge < -0.3 is 4.57 Å². The van der Waals surface area contributed by atoms with E-state index in [-0.39, 0.29) is 11.5 Å². The quantitative estimate of drug-likeness (QED) is 0.402. The van der Waals surface area contributed by atoms with Gasteiger partial charge in [0.25, 0.3) is 5.69 Å². The maximum absolute atomic E-state index is 11.5. The van der Waals surface area contributed by atoms with Gasteiger partial charge >= 0.3 is 0 Å². The Balaban J connectivity index is 2.04. The molecule has 0 fully saturated rings. The molecule has 0 bridgehead atoms. The van der Waals surface area contributed by atoms with Crippen LogP contribution >= 0.6 is 11.3 Å². The van der Waals surface area contributed by atoms with Crippen molar-refractivity contribution in [2.24, 2.45) is 12.0 Å². The molecule has 0 aliphatic heterocycles. The minimum atomic E-state index is -0.408. The standard InChI is InChI=1S/C18H15N3O3S/c1-12(22)13-5-3-7-15(9-13)19-18-20(2)17(11-25-18)14-6-4-8-16(10-14)21(23)24/h3-11H,1-2H3. The molecule has 2 aromatic carbocycles. The predicted octanol–water partition coefficient (Wildman–Crippen LogP) is 4.10. The second-order valence-electron chi connectivity index (χ2n) is 5.49. The Morgan fingerprint density at radius 3 is 2.68 bits per heavy atom. The Morgan fingerprint density at radius 2 is 1.96 bits per heavy atom. The lowest BCUT2D eigenvalue weighted by Crippen LogP contribution is -2.11. The van der Waals surface area contributed by atoms with Gasteiger partial charge in [0.05, 0.1) is 16.3 Å². The molecule has 3 aromatic rings. The van der Waals surface area contributed by atoms with Gasteiger partial charge in [0.2, 0.25) is 0 Å². The van der Waals surface area contributed by atoms with Gasteiger partial charge in [0.1, 0.15) is 0 Å². The van der Waals surface area contributed by atoms with E-state index < -0.39 is 4.92 Å². The molecule has 126 valence electrons. The number of rotatable bonds is 4. The van der Waals surface area contributed by atoms with Crippen LogP contribution in [0.15, 0.2) is 58.9 Å². The van der Waals surface area contributed by atoms with E-state index in [1.807, 2.05) is 29.1 Å². The van der Waals surface area contributed by atoms with Gasteiger partial charge in [-0.3, -0.25) is 14.9 Å². The van der Waals surface area contributed by atoms with E-state index in [0.29, 0.717) is 11.3 Å². The Hall–Kier alpha value is -3.06. The maximum atomic E-state index is 11.5. The molecule has 0 N–H and O–H groups in total. The van der Waals surface area contributed by atoms with Crippen molar-refractivity contribution in [2.45, 2.75) is 6.92 Å². The predicted molar refractivity (Wildman–Crippen MR) is 97.0 cm³/mol. The van der Waals surface area contributed by atoms with Crippen LogP contribution in [-0.4, -0.2) is 15.3 Å². The van der Waals surface area contributed by atoms with E-state index in [2.05, 4.69) is 4.99 Å². The van der Waals surface area contributed by atoms with Gasteiger partial charge in [-0.2, -0.15) is 0 Å². The maximum Gasteiger partial charge on any atom is 0.270 e. The normalized spacial score (nSPS) is 11.5. The fraction of sp³-hybridized carbons (Fsp3) is 0.111. The molecule has 0 saturated heterocycles. The van der Waals surface area contributed by atoms with Crippen LogP contribution in [0.4, 0.5) is 11.4 Å². The number of non-ortho nitro benzene ring substituents is 1. The zero-order valence-corrected chi connectivity index (χ0v) is 14.5. The molecule has 0 saturated carbocycles. The average Bonchev–Trinajstić information content (AvgIpc) is 2.96.